The van der Waals surface area contributed by atoms with Crippen molar-refractivity contribution in [2.45, 2.75) is 18.9 Å². The van der Waals surface area contributed by atoms with Gasteiger partial charge < -0.3 is 10.1 Å². The summed E-state index contributed by atoms with van der Waals surface area (Å²) in [6, 6.07) is 8.01. The third-order valence-corrected chi connectivity index (χ3v) is 4.31. The van der Waals surface area contributed by atoms with E-state index in [-0.39, 0.29) is 5.97 Å². The average molecular weight is 251 g/mol. The second kappa shape index (κ2) is 5.00. The summed E-state index contributed by atoms with van der Waals surface area (Å²) >= 11 is 1.79. The summed E-state index contributed by atoms with van der Waals surface area (Å²) in [6.45, 7) is 2.04. The van der Waals surface area contributed by atoms with E-state index in [2.05, 4.69) is 5.32 Å². The number of carbonyl (C=O) groups excluding carboxylic acids is 1. The molecule has 0 amide bonds. The number of para-hydroxylation sites is 1. The lowest BCUT2D eigenvalue weighted by Crippen LogP contribution is -2.47. The second-order valence-corrected chi connectivity index (χ2v) is 5.42. The minimum Gasteiger partial charge on any atom is -0.467 e. The Labute approximate surface area is 106 Å². The van der Waals surface area contributed by atoms with E-state index < -0.39 is 5.54 Å². The van der Waals surface area contributed by atoms with Crippen molar-refractivity contribution in [2.75, 3.05) is 23.9 Å². The van der Waals surface area contributed by atoms with Gasteiger partial charge in [0.05, 0.1) is 7.11 Å². The third kappa shape index (κ3) is 2.41. The molecule has 92 valence electrons. The third-order valence-electron chi connectivity index (χ3n) is 3.12. The molecule has 2 rings (SSSR count). The smallest absolute Gasteiger partial charge is 0.332 e. The van der Waals surface area contributed by atoms with Gasteiger partial charge in [-0.1, -0.05) is 18.2 Å². The minimum atomic E-state index is -0.550. The van der Waals surface area contributed by atoms with Gasteiger partial charge >= 0.3 is 5.97 Å². The molecule has 1 N–H and O–H groups in total. The Hall–Kier alpha value is -1.16. The molecule has 1 saturated heterocycles. The number of hydrogen-bond acceptors (Lipinski definition) is 4. The van der Waals surface area contributed by atoms with Gasteiger partial charge in [-0.2, -0.15) is 11.8 Å². The molecule has 1 heterocycles. The molecule has 1 aliphatic rings. The maximum atomic E-state index is 12.0. The molecule has 1 unspecified atom stereocenters. The molecule has 0 radical (unpaired) electrons. The van der Waals surface area contributed by atoms with Crippen LogP contribution in [0, 0.1) is 6.92 Å². The minimum absolute atomic E-state index is 0.161. The largest absolute Gasteiger partial charge is 0.467 e. The molecule has 1 aromatic rings. The van der Waals surface area contributed by atoms with Crippen LogP contribution in [0.5, 0.6) is 0 Å². The predicted octanol–water partition coefficient (Wildman–Crippen LogP) is 2.46. The molecule has 1 atom stereocenters. The van der Waals surface area contributed by atoms with Crippen molar-refractivity contribution in [3.05, 3.63) is 29.8 Å². The van der Waals surface area contributed by atoms with E-state index in [9.17, 15) is 4.79 Å². The normalized spacial score (nSPS) is 23.4. The summed E-state index contributed by atoms with van der Waals surface area (Å²) in [6.07, 6.45) is 0.818. The highest BCUT2D eigenvalue weighted by Gasteiger charge is 2.43. The first-order chi connectivity index (χ1) is 8.18. The number of esters is 1. The fourth-order valence-corrected chi connectivity index (χ4v) is 3.36. The number of aryl methyl sites for hydroxylation is 1. The fraction of sp³-hybridized carbons (Fsp3) is 0.462. The van der Waals surface area contributed by atoms with Crippen LogP contribution < -0.4 is 5.32 Å². The Bertz CT molecular complexity index is 414. The lowest BCUT2D eigenvalue weighted by molar-refractivity contribution is -0.145. The van der Waals surface area contributed by atoms with Crippen molar-refractivity contribution < 1.29 is 9.53 Å². The van der Waals surface area contributed by atoms with E-state index in [4.69, 9.17) is 4.74 Å². The highest BCUT2D eigenvalue weighted by molar-refractivity contribution is 7.99. The first-order valence-electron chi connectivity index (χ1n) is 5.68. The maximum Gasteiger partial charge on any atom is 0.332 e. The van der Waals surface area contributed by atoms with Gasteiger partial charge in [-0.25, -0.2) is 4.79 Å². The van der Waals surface area contributed by atoms with Crippen LogP contribution in [0.3, 0.4) is 0 Å². The summed E-state index contributed by atoms with van der Waals surface area (Å²) in [5.74, 6) is 1.60. The van der Waals surface area contributed by atoms with Crippen molar-refractivity contribution in [3.8, 4) is 0 Å². The Morgan fingerprint density at radius 2 is 2.24 bits per heavy atom. The molecule has 0 aromatic heterocycles. The molecule has 0 aliphatic carbocycles. The molecule has 0 saturated carbocycles. The van der Waals surface area contributed by atoms with Crippen molar-refractivity contribution in [3.63, 3.8) is 0 Å². The topological polar surface area (TPSA) is 38.3 Å². The van der Waals surface area contributed by atoms with Crippen molar-refractivity contribution in [1.29, 1.82) is 0 Å². The summed E-state index contributed by atoms with van der Waals surface area (Å²) < 4.78 is 4.93. The van der Waals surface area contributed by atoms with Gasteiger partial charge in [0.1, 0.15) is 5.54 Å². The Kier molecular flexibility index (Phi) is 3.62. The van der Waals surface area contributed by atoms with Gasteiger partial charge in [0.25, 0.3) is 0 Å². The van der Waals surface area contributed by atoms with Gasteiger partial charge in [-0.3, -0.25) is 0 Å². The van der Waals surface area contributed by atoms with E-state index in [1.807, 2.05) is 31.2 Å². The molecular weight excluding hydrogens is 234 g/mol. The number of thioether (sulfide) groups is 1. The molecule has 0 bridgehead atoms. The van der Waals surface area contributed by atoms with Crippen LogP contribution in [0.25, 0.3) is 0 Å². The van der Waals surface area contributed by atoms with Gasteiger partial charge in [0, 0.05) is 11.4 Å². The van der Waals surface area contributed by atoms with Crippen LogP contribution >= 0.6 is 11.8 Å². The summed E-state index contributed by atoms with van der Waals surface area (Å²) in [5.41, 5.74) is 1.61. The quantitative estimate of drug-likeness (QED) is 0.838. The summed E-state index contributed by atoms with van der Waals surface area (Å²) in [4.78, 5) is 12.0. The number of ether oxygens (including phenoxy) is 1. The molecule has 0 spiro atoms. The van der Waals surface area contributed by atoms with E-state index in [0.717, 1.165) is 29.2 Å². The van der Waals surface area contributed by atoms with Crippen molar-refractivity contribution in [1.82, 2.24) is 0 Å². The summed E-state index contributed by atoms with van der Waals surface area (Å²) in [7, 11) is 1.45. The lowest BCUT2D eigenvalue weighted by Gasteiger charge is -2.28. The number of methoxy groups -OCH3 is 1. The molecule has 1 aromatic carbocycles. The predicted molar refractivity (Wildman–Crippen MR) is 71.5 cm³/mol. The van der Waals surface area contributed by atoms with Crippen LogP contribution in [-0.4, -0.2) is 30.1 Å². The maximum absolute atomic E-state index is 12.0. The molecule has 1 fully saturated rings. The van der Waals surface area contributed by atoms with E-state index in [0.29, 0.717) is 0 Å². The van der Waals surface area contributed by atoms with Gasteiger partial charge in [-0.05, 0) is 30.7 Å². The zero-order valence-corrected chi connectivity index (χ0v) is 11.0. The van der Waals surface area contributed by atoms with Crippen molar-refractivity contribution in [2.24, 2.45) is 0 Å². The zero-order chi connectivity index (χ0) is 12.3. The lowest BCUT2D eigenvalue weighted by atomic mass is 9.98. The number of hydrogen-bond donors (Lipinski definition) is 1. The number of rotatable bonds is 3. The highest BCUT2D eigenvalue weighted by Crippen LogP contribution is 2.33. The fourth-order valence-electron chi connectivity index (χ4n) is 2.04. The van der Waals surface area contributed by atoms with E-state index in [1.165, 1.54) is 7.11 Å². The van der Waals surface area contributed by atoms with Crippen LogP contribution in [0.2, 0.25) is 0 Å². The standard InChI is InChI=1S/C13H17NO2S/c1-10-5-3-4-6-11(10)14-13(12(15)16-2)7-8-17-9-13/h3-6,14H,7-9H2,1-2H3. The van der Waals surface area contributed by atoms with Crippen LogP contribution in [0.4, 0.5) is 5.69 Å². The van der Waals surface area contributed by atoms with Gasteiger partial charge in [0.15, 0.2) is 0 Å². The number of benzene rings is 1. The van der Waals surface area contributed by atoms with Crippen LogP contribution in [-0.2, 0) is 9.53 Å². The molecule has 17 heavy (non-hydrogen) atoms. The molecule has 1 aliphatic heterocycles. The Morgan fingerprint density at radius 3 is 2.82 bits per heavy atom. The van der Waals surface area contributed by atoms with E-state index in [1.54, 1.807) is 11.8 Å². The first kappa shape index (κ1) is 12.3. The Balaban J connectivity index is 2.25. The van der Waals surface area contributed by atoms with Crippen LogP contribution in [0.1, 0.15) is 12.0 Å². The SMILES string of the molecule is COC(=O)C1(Nc2ccccc2C)CCSC1. The molecular formula is C13H17NO2S. The van der Waals surface area contributed by atoms with Gasteiger partial charge in [0.2, 0.25) is 0 Å². The van der Waals surface area contributed by atoms with Crippen molar-refractivity contribution >= 4 is 23.4 Å². The van der Waals surface area contributed by atoms with E-state index >= 15 is 0 Å². The van der Waals surface area contributed by atoms with Gasteiger partial charge in [-0.15, -0.1) is 0 Å². The first-order valence-corrected chi connectivity index (χ1v) is 6.83. The Morgan fingerprint density at radius 1 is 1.47 bits per heavy atom. The summed E-state index contributed by atoms with van der Waals surface area (Å²) in [5, 5.41) is 3.38. The average Bonchev–Trinajstić information content (AvgIpc) is 2.81. The number of nitrogens with one attached hydrogen (secondary N) is 1. The number of carbonyl (C=O) groups is 1. The van der Waals surface area contributed by atoms with Crippen LogP contribution in [0.15, 0.2) is 24.3 Å². The second-order valence-electron chi connectivity index (χ2n) is 4.32. The highest BCUT2D eigenvalue weighted by atomic mass is 32.2. The molecule has 3 nitrogen and oxygen atoms in total. The molecule has 4 heteroatoms. The monoisotopic (exact) mass is 251 g/mol. The zero-order valence-electron chi connectivity index (χ0n) is 10.2. The number of anilines is 1.